The van der Waals surface area contributed by atoms with Gasteiger partial charge in [0.05, 0.1) is 17.8 Å². The van der Waals surface area contributed by atoms with Crippen molar-refractivity contribution in [3.05, 3.63) is 11.1 Å². The van der Waals surface area contributed by atoms with Gasteiger partial charge in [-0.15, -0.1) is 11.3 Å². The molecule has 2 heterocycles. The first-order valence-corrected chi connectivity index (χ1v) is 6.98. The fourth-order valence-corrected chi connectivity index (χ4v) is 3.10. The van der Waals surface area contributed by atoms with Crippen LogP contribution in [0.4, 0.5) is 5.13 Å². The van der Waals surface area contributed by atoms with Crippen LogP contribution in [0.15, 0.2) is 5.38 Å². The number of anilines is 1. The Labute approximate surface area is 107 Å². The Balaban J connectivity index is 2.09. The molecule has 0 radical (unpaired) electrons. The van der Waals surface area contributed by atoms with Crippen LogP contribution in [0.3, 0.4) is 0 Å². The minimum Gasteiger partial charge on any atom is -0.376 e. The van der Waals surface area contributed by atoms with Gasteiger partial charge in [0.15, 0.2) is 5.13 Å². The number of hydrogen-bond donors (Lipinski definition) is 1. The summed E-state index contributed by atoms with van der Waals surface area (Å²) in [5.41, 5.74) is 1.12. The van der Waals surface area contributed by atoms with E-state index in [9.17, 15) is 0 Å². The average Bonchev–Trinajstić information content (AvgIpc) is 2.95. The molecule has 2 rings (SSSR count). The van der Waals surface area contributed by atoms with Gasteiger partial charge in [-0.25, -0.2) is 4.98 Å². The zero-order valence-electron chi connectivity index (χ0n) is 10.9. The molecule has 1 aliphatic rings. The van der Waals surface area contributed by atoms with E-state index in [1.165, 1.54) is 0 Å². The number of rotatable bonds is 4. The lowest BCUT2D eigenvalue weighted by molar-refractivity contribution is 0.118. The predicted molar refractivity (Wildman–Crippen MR) is 71.8 cm³/mol. The second kappa shape index (κ2) is 5.33. The van der Waals surface area contributed by atoms with Crippen molar-refractivity contribution in [2.75, 3.05) is 25.6 Å². The Morgan fingerprint density at radius 2 is 2.41 bits per heavy atom. The van der Waals surface area contributed by atoms with Crippen LogP contribution in [0.5, 0.6) is 0 Å². The Morgan fingerprint density at radius 1 is 1.65 bits per heavy atom. The summed E-state index contributed by atoms with van der Waals surface area (Å²) >= 11 is 1.71. The molecular weight excluding hydrogens is 234 g/mol. The largest absolute Gasteiger partial charge is 0.376 e. The number of hydrogen-bond acceptors (Lipinski definition) is 5. The summed E-state index contributed by atoms with van der Waals surface area (Å²) in [5.74, 6) is 0. The van der Waals surface area contributed by atoms with Crippen molar-refractivity contribution in [1.29, 1.82) is 0 Å². The number of likely N-dealkylation sites (N-methyl/N-ethyl adjacent to an activating group) is 1. The molecule has 96 valence electrons. The van der Waals surface area contributed by atoms with Crippen LogP contribution in [0.2, 0.25) is 0 Å². The molecule has 1 aliphatic heterocycles. The third-order valence-electron chi connectivity index (χ3n) is 3.52. The van der Waals surface area contributed by atoms with E-state index < -0.39 is 0 Å². The Kier molecular flexibility index (Phi) is 4.01. The van der Waals surface area contributed by atoms with E-state index in [4.69, 9.17) is 4.74 Å². The normalized spacial score (nSPS) is 26.1. The van der Waals surface area contributed by atoms with Gasteiger partial charge in [0.2, 0.25) is 0 Å². The third-order valence-corrected chi connectivity index (χ3v) is 4.47. The van der Waals surface area contributed by atoms with Crippen LogP contribution in [0.1, 0.15) is 32.0 Å². The van der Waals surface area contributed by atoms with E-state index >= 15 is 0 Å². The van der Waals surface area contributed by atoms with Gasteiger partial charge in [-0.1, -0.05) is 0 Å². The van der Waals surface area contributed by atoms with Crippen LogP contribution < -0.4 is 10.2 Å². The summed E-state index contributed by atoms with van der Waals surface area (Å²) in [4.78, 5) is 6.94. The van der Waals surface area contributed by atoms with Gasteiger partial charge in [-0.05, 0) is 27.3 Å². The maximum Gasteiger partial charge on any atom is 0.185 e. The Bertz CT molecular complexity index is 368. The highest BCUT2D eigenvalue weighted by Crippen LogP contribution is 2.28. The number of thiazole rings is 1. The van der Waals surface area contributed by atoms with Gasteiger partial charge >= 0.3 is 0 Å². The smallest absolute Gasteiger partial charge is 0.185 e. The first-order valence-electron chi connectivity index (χ1n) is 6.10. The maximum absolute atomic E-state index is 5.61. The van der Waals surface area contributed by atoms with Crippen LogP contribution >= 0.6 is 11.3 Å². The summed E-state index contributed by atoms with van der Waals surface area (Å²) in [6.07, 6.45) is 1.39. The van der Waals surface area contributed by atoms with E-state index in [2.05, 4.69) is 41.5 Å². The SMILES string of the molecule is CNC(C)c1csc(N(C)C2CCOC2C)n1. The zero-order valence-corrected chi connectivity index (χ0v) is 11.8. The highest BCUT2D eigenvalue weighted by molar-refractivity contribution is 7.13. The van der Waals surface area contributed by atoms with Gasteiger partial charge in [0.1, 0.15) is 0 Å². The number of aromatic nitrogens is 1. The molecular formula is C12H21N3OS. The van der Waals surface area contributed by atoms with Crippen LogP contribution in [0, 0.1) is 0 Å². The van der Waals surface area contributed by atoms with Gasteiger partial charge < -0.3 is 15.0 Å². The second-order valence-corrected chi connectivity index (χ2v) is 5.44. The minimum absolute atomic E-state index is 0.300. The minimum atomic E-state index is 0.300. The molecule has 4 nitrogen and oxygen atoms in total. The quantitative estimate of drug-likeness (QED) is 0.893. The molecule has 0 bridgehead atoms. The standard InChI is InChI=1S/C12H21N3OS/c1-8(13-3)10-7-17-12(14-10)15(4)11-5-6-16-9(11)2/h7-9,11,13H,5-6H2,1-4H3. The molecule has 0 saturated carbocycles. The molecule has 3 unspecified atom stereocenters. The van der Waals surface area contributed by atoms with Crippen molar-refractivity contribution in [1.82, 2.24) is 10.3 Å². The fourth-order valence-electron chi connectivity index (χ4n) is 2.16. The molecule has 1 aromatic rings. The fraction of sp³-hybridized carbons (Fsp3) is 0.750. The average molecular weight is 255 g/mol. The van der Waals surface area contributed by atoms with Crippen LogP contribution in [0.25, 0.3) is 0 Å². The summed E-state index contributed by atoms with van der Waals surface area (Å²) in [7, 11) is 4.07. The number of nitrogens with zero attached hydrogens (tertiary/aromatic N) is 2. The molecule has 17 heavy (non-hydrogen) atoms. The van der Waals surface area contributed by atoms with Crippen molar-refractivity contribution in [2.24, 2.45) is 0 Å². The third kappa shape index (κ3) is 2.61. The highest BCUT2D eigenvalue weighted by atomic mass is 32.1. The monoisotopic (exact) mass is 255 g/mol. The van der Waals surface area contributed by atoms with E-state index in [0.717, 1.165) is 23.9 Å². The van der Waals surface area contributed by atoms with Gasteiger partial charge in [0.25, 0.3) is 0 Å². The van der Waals surface area contributed by atoms with Crippen LogP contribution in [-0.4, -0.2) is 37.8 Å². The Hall–Kier alpha value is -0.650. The lowest BCUT2D eigenvalue weighted by Crippen LogP contribution is -2.36. The number of nitrogens with one attached hydrogen (secondary N) is 1. The predicted octanol–water partition coefficient (Wildman–Crippen LogP) is 2.04. The van der Waals surface area contributed by atoms with Crippen molar-refractivity contribution < 1.29 is 4.74 Å². The van der Waals surface area contributed by atoms with Crippen molar-refractivity contribution >= 4 is 16.5 Å². The molecule has 3 atom stereocenters. The van der Waals surface area contributed by atoms with Gasteiger partial charge in [0, 0.05) is 25.1 Å². The topological polar surface area (TPSA) is 37.4 Å². The lowest BCUT2D eigenvalue weighted by atomic mass is 10.1. The molecule has 5 heteroatoms. The van der Waals surface area contributed by atoms with Crippen molar-refractivity contribution in [2.45, 2.75) is 38.5 Å². The molecule has 0 aromatic carbocycles. The summed E-state index contributed by atoms with van der Waals surface area (Å²) < 4.78 is 5.61. The first kappa shape index (κ1) is 12.8. The molecule has 1 saturated heterocycles. The molecule has 0 aliphatic carbocycles. The summed E-state index contributed by atoms with van der Waals surface area (Å²) in [6.45, 7) is 5.13. The van der Waals surface area contributed by atoms with E-state index in [1.54, 1.807) is 11.3 Å². The second-order valence-electron chi connectivity index (χ2n) is 4.61. The number of ether oxygens (including phenoxy) is 1. The summed E-state index contributed by atoms with van der Waals surface area (Å²) in [6, 6.07) is 0.768. The zero-order chi connectivity index (χ0) is 12.4. The van der Waals surface area contributed by atoms with E-state index in [-0.39, 0.29) is 0 Å². The van der Waals surface area contributed by atoms with Crippen LogP contribution in [-0.2, 0) is 4.74 Å². The molecule has 0 spiro atoms. The molecule has 1 N–H and O–H groups in total. The molecule has 0 amide bonds. The lowest BCUT2D eigenvalue weighted by Gasteiger charge is -2.26. The first-order chi connectivity index (χ1) is 8.13. The van der Waals surface area contributed by atoms with E-state index in [1.807, 2.05) is 7.05 Å². The summed E-state index contributed by atoms with van der Waals surface area (Å²) in [5, 5.41) is 6.43. The highest BCUT2D eigenvalue weighted by Gasteiger charge is 2.29. The Morgan fingerprint density at radius 3 is 3.00 bits per heavy atom. The van der Waals surface area contributed by atoms with Crippen molar-refractivity contribution in [3.8, 4) is 0 Å². The molecule has 1 fully saturated rings. The van der Waals surface area contributed by atoms with Gasteiger partial charge in [-0.2, -0.15) is 0 Å². The van der Waals surface area contributed by atoms with Crippen molar-refractivity contribution in [3.63, 3.8) is 0 Å². The maximum atomic E-state index is 5.61. The van der Waals surface area contributed by atoms with E-state index in [0.29, 0.717) is 18.2 Å². The molecule has 1 aromatic heterocycles. The van der Waals surface area contributed by atoms with Gasteiger partial charge in [-0.3, -0.25) is 0 Å².